The molecule has 1 N–H and O–H groups in total. The third kappa shape index (κ3) is 1.41. The lowest BCUT2D eigenvalue weighted by molar-refractivity contribution is -0.136. The number of nitrogens with zero attached hydrogens (tertiary/aromatic N) is 2. The highest BCUT2D eigenvalue weighted by atomic mass is 19.1. The van der Waals surface area contributed by atoms with E-state index in [1.807, 2.05) is 0 Å². The molecule has 5 heteroatoms. The van der Waals surface area contributed by atoms with Gasteiger partial charge in [-0.3, -0.25) is 4.79 Å². The van der Waals surface area contributed by atoms with Gasteiger partial charge < -0.3 is 9.67 Å². The second-order valence-corrected chi connectivity index (χ2v) is 3.16. The van der Waals surface area contributed by atoms with E-state index in [2.05, 4.69) is 4.98 Å². The van der Waals surface area contributed by atoms with Crippen molar-refractivity contribution in [1.82, 2.24) is 9.55 Å². The van der Waals surface area contributed by atoms with Crippen molar-refractivity contribution >= 4 is 5.97 Å². The van der Waals surface area contributed by atoms with E-state index in [-0.39, 0.29) is 6.42 Å². The second kappa shape index (κ2) is 2.83. The molecule has 1 aromatic heterocycles. The average Bonchev–Trinajstić information content (AvgIpc) is 2.51. The molecule has 0 spiro atoms. The zero-order valence-corrected chi connectivity index (χ0v) is 6.90. The molecule has 0 amide bonds. The van der Waals surface area contributed by atoms with E-state index in [1.54, 1.807) is 4.57 Å². The third-order valence-electron chi connectivity index (χ3n) is 2.16. The summed E-state index contributed by atoms with van der Waals surface area (Å²) in [5.74, 6) is -0.927. The van der Waals surface area contributed by atoms with Crippen LogP contribution in [0.15, 0.2) is 6.33 Å². The molecule has 0 bridgehead atoms. The number of aliphatic carboxylic acids is 1. The number of fused-ring (bicyclic) bond motifs is 1. The Morgan fingerprint density at radius 3 is 3.31 bits per heavy atom. The number of carbonyl (C=O) groups is 1. The monoisotopic (exact) mass is 184 g/mol. The van der Waals surface area contributed by atoms with E-state index < -0.39 is 12.1 Å². The van der Waals surface area contributed by atoms with Crippen molar-refractivity contribution in [3.05, 3.63) is 17.7 Å². The molecule has 1 aliphatic heterocycles. The van der Waals surface area contributed by atoms with Gasteiger partial charge in [-0.1, -0.05) is 0 Å². The molecule has 0 aromatic carbocycles. The fraction of sp³-hybridized carbons (Fsp3) is 0.500. The number of imidazole rings is 1. The minimum Gasteiger partial charge on any atom is -0.481 e. The Kier molecular flexibility index (Phi) is 1.79. The molecule has 0 saturated heterocycles. The molecule has 0 fully saturated rings. The van der Waals surface area contributed by atoms with Gasteiger partial charge in [-0.05, 0) is 0 Å². The van der Waals surface area contributed by atoms with Crippen LogP contribution in [0.5, 0.6) is 0 Å². The third-order valence-corrected chi connectivity index (χ3v) is 2.16. The summed E-state index contributed by atoms with van der Waals surface area (Å²) in [6, 6.07) is 0. The van der Waals surface area contributed by atoms with Gasteiger partial charge in [0.1, 0.15) is 6.17 Å². The number of rotatable bonds is 2. The standard InChI is InChI=1S/C8H9FN2O2/c9-5-1-7-6(2-8(12)13)10-4-11(7)3-5/h4-5H,1-3H2,(H,12,13)/t5-/m1/s1. The first kappa shape index (κ1) is 8.22. The molecular weight excluding hydrogens is 175 g/mol. The van der Waals surface area contributed by atoms with Gasteiger partial charge in [-0.2, -0.15) is 0 Å². The first-order chi connectivity index (χ1) is 6.16. The van der Waals surface area contributed by atoms with Crippen LogP contribution in [0.3, 0.4) is 0 Å². The molecular formula is C8H9FN2O2. The summed E-state index contributed by atoms with van der Waals surface area (Å²) >= 11 is 0. The topological polar surface area (TPSA) is 55.1 Å². The molecule has 1 aliphatic rings. The predicted octanol–water partition coefficient (Wildman–Crippen LogP) is 0.404. The summed E-state index contributed by atoms with van der Waals surface area (Å²) in [6.45, 7) is 0.307. The molecule has 4 nitrogen and oxygen atoms in total. The van der Waals surface area contributed by atoms with Gasteiger partial charge in [-0.15, -0.1) is 0 Å². The number of halogens is 1. The molecule has 0 saturated carbocycles. The van der Waals surface area contributed by atoms with E-state index in [4.69, 9.17) is 5.11 Å². The minimum atomic E-state index is -0.927. The van der Waals surface area contributed by atoms with Crippen LogP contribution in [-0.4, -0.2) is 26.8 Å². The van der Waals surface area contributed by atoms with Crippen molar-refractivity contribution in [2.24, 2.45) is 0 Å². The molecule has 2 rings (SSSR count). The van der Waals surface area contributed by atoms with E-state index in [9.17, 15) is 9.18 Å². The molecule has 2 heterocycles. The van der Waals surface area contributed by atoms with Crippen molar-refractivity contribution in [2.45, 2.75) is 25.6 Å². The predicted molar refractivity (Wildman–Crippen MR) is 42.2 cm³/mol. The van der Waals surface area contributed by atoms with Gasteiger partial charge in [0.25, 0.3) is 0 Å². The van der Waals surface area contributed by atoms with Gasteiger partial charge in [0.05, 0.1) is 25.0 Å². The summed E-state index contributed by atoms with van der Waals surface area (Å²) in [4.78, 5) is 14.3. The first-order valence-corrected chi connectivity index (χ1v) is 4.05. The van der Waals surface area contributed by atoms with Crippen molar-refractivity contribution in [2.75, 3.05) is 0 Å². The fourth-order valence-electron chi connectivity index (χ4n) is 1.62. The highest BCUT2D eigenvalue weighted by Gasteiger charge is 2.24. The Hall–Kier alpha value is -1.39. The lowest BCUT2D eigenvalue weighted by atomic mass is 10.2. The molecule has 0 unspecified atom stereocenters. The van der Waals surface area contributed by atoms with Gasteiger partial charge in [-0.25, -0.2) is 9.37 Å². The van der Waals surface area contributed by atoms with E-state index in [0.717, 1.165) is 5.69 Å². The van der Waals surface area contributed by atoms with E-state index in [0.29, 0.717) is 18.7 Å². The van der Waals surface area contributed by atoms with E-state index >= 15 is 0 Å². The molecule has 70 valence electrons. The Balaban J connectivity index is 2.25. The summed E-state index contributed by atoms with van der Waals surface area (Å²) in [5.41, 5.74) is 1.22. The SMILES string of the molecule is O=C(O)Cc1ncn2c1C[C@@H](F)C2. The largest absolute Gasteiger partial charge is 0.481 e. The Morgan fingerprint density at radius 2 is 2.62 bits per heavy atom. The number of carboxylic acids is 1. The van der Waals surface area contributed by atoms with Crippen molar-refractivity contribution in [1.29, 1.82) is 0 Å². The Labute approximate surface area is 74.0 Å². The molecule has 0 aliphatic carbocycles. The smallest absolute Gasteiger partial charge is 0.309 e. The normalized spacial score (nSPS) is 20.2. The number of alkyl halides is 1. The summed E-state index contributed by atoms with van der Waals surface area (Å²) in [5, 5.41) is 8.54. The molecule has 13 heavy (non-hydrogen) atoms. The summed E-state index contributed by atoms with van der Waals surface area (Å²) in [6.07, 6.45) is 0.802. The number of aromatic nitrogens is 2. The van der Waals surface area contributed by atoms with Crippen LogP contribution in [-0.2, 0) is 24.2 Å². The zero-order chi connectivity index (χ0) is 9.42. The van der Waals surface area contributed by atoms with Crippen molar-refractivity contribution in [3.8, 4) is 0 Å². The highest BCUT2D eigenvalue weighted by Crippen LogP contribution is 2.20. The van der Waals surface area contributed by atoms with Crippen LogP contribution in [0.1, 0.15) is 11.4 Å². The maximum atomic E-state index is 12.9. The van der Waals surface area contributed by atoms with Crippen molar-refractivity contribution < 1.29 is 14.3 Å². The van der Waals surface area contributed by atoms with Crippen LogP contribution in [0.25, 0.3) is 0 Å². The number of hydrogen-bond donors (Lipinski definition) is 1. The summed E-state index contributed by atoms with van der Waals surface area (Å²) < 4.78 is 14.6. The van der Waals surface area contributed by atoms with E-state index in [1.165, 1.54) is 6.33 Å². The molecule has 1 atom stereocenters. The second-order valence-electron chi connectivity index (χ2n) is 3.16. The number of carboxylic acid groups (broad SMARTS) is 1. The van der Waals surface area contributed by atoms with Crippen LogP contribution < -0.4 is 0 Å². The van der Waals surface area contributed by atoms with Gasteiger partial charge in [0.15, 0.2) is 0 Å². The lowest BCUT2D eigenvalue weighted by Crippen LogP contribution is -2.04. The van der Waals surface area contributed by atoms with Gasteiger partial charge in [0, 0.05) is 12.1 Å². The Bertz CT molecular complexity index is 348. The first-order valence-electron chi connectivity index (χ1n) is 4.05. The quantitative estimate of drug-likeness (QED) is 0.724. The minimum absolute atomic E-state index is 0.116. The maximum absolute atomic E-state index is 12.9. The fourth-order valence-corrected chi connectivity index (χ4v) is 1.62. The van der Waals surface area contributed by atoms with Crippen LogP contribution in [0, 0.1) is 0 Å². The zero-order valence-electron chi connectivity index (χ0n) is 6.90. The highest BCUT2D eigenvalue weighted by molar-refractivity contribution is 5.69. The molecule has 1 aromatic rings. The van der Waals surface area contributed by atoms with Crippen LogP contribution in [0.4, 0.5) is 4.39 Å². The van der Waals surface area contributed by atoms with Crippen LogP contribution >= 0.6 is 0 Å². The van der Waals surface area contributed by atoms with Gasteiger partial charge >= 0.3 is 5.97 Å². The Morgan fingerprint density at radius 1 is 1.85 bits per heavy atom. The van der Waals surface area contributed by atoms with Crippen LogP contribution in [0.2, 0.25) is 0 Å². The molecule has 0 radical (unpaired) electrons. The maximum Gasteiger partial charge on any atom is 0.309 e. The average molecular weight is 184 g/mol. The van der Waals surface area contributed by atoms with Crippen molar-refractivity contribution in [3.63, 3.8) is 0 Å². The summed E-state index contributed by atoms with van der Waals surface area (Å²) in [7, 11) is 0. The lowest BCUT2D eigenvalue weighted by Gasteiger charge is -1.94. The number of hydrogen-bond acceptors (Lipinski definition) is 2. The van der Waals surface area contributed by atoms with Gasteiger partial charge in [0.2, 0.25) is 0 Å².